The summed E-state index contributed by atoms with van der Waals surface area (Å²) >= 11 is 0. The van der Waals surface area contributed by atoms with Gasteiger partial charge in [0.05, 0.1) is 57.9 Å². The topological polar surface area (TPSA) is 150 Å². The summed E-state index contributed by atoms with van der Waals surface area (Å²) in [5.74, 6) is -1.26. The molecule has 16 atom stereocenters. The number of benzene rings is 5. The van der Waals surface area contributed by atoms with Gasteiger partial charge in [-0.05, 0) is 71.4 Å². The van der Waals surface area contributed by atoms with Crippen LogP contribution in [-0.4, -0.2) is 92.1 Å². The summed E-state index contributed by atoms with van der Waals surface area (Å²) in [4.78, 5) is 3.40. The van der Waals surface area contributed by atoms with Gasteiger partial charge in [-0.15, -0.1) is 0 Å². The molecule has 5 aromatic rings. The Morgan fingerprint density at radius 3 is 1.35 bits per heavy atom. The van der Waals surface area contributed by atoms with Crippen LogP contribution in [0.3, 0.4) is 0 Å². The van der Waals surface area contributed by atoms with Gasteiger partial charge in [-0.3, -0.25) is 0 Å². The highest BCUT2D eigenvalue weighted by atomic mass is 16.8. The molecule has 0 aromatic heterocycles. The van der Waals surface area contributed by atoms with Crippen molar-refractivity contribution in [2.24, 2.45) is 22.9 Å². The number of azide groups is 1. The Hall–Kier alpha value is -5.03. The molecule has 8 unspecified atom stereocenters. The van der Waals surface area contributed by atoms with E-state index in [0.29, 0.717) is 13.2 Å². The minimum Gasteiger partial charge on any atom is -0.374 e. The van der Waals surface area contributed by atoms with Gasteiger partial charge in [0.15, 0.2) is 18.4 Å². The molecule has 0 spiro atoms. The first kappa shape index (κ1) is 53.8. The van der Waals surface area contributed by atoms with Crippen molar-refractivity contribution in [3.63, 3.8) is 0 Å². The van der Waals surface area contributed by atoms with E-state index in [4.69, 9.17) is 52.1 Å². The highest BCUT2D eigenvalue weighted by Gasteiger charge is 2.62. The van der Waals surface area contributed by atoms with E-state index in [0.717, 1.165) is 34.2 Å². The van der Waals surface area contributed by atoms with Crippen LogP contribution in [0.2, 0.25) is 0 Å². The predicted molar refractivity (Wildman–Crippen MR) is 278 cm³/mol. The molecule has 0 radical (unpaired) electrons. The fourth-order valence-corrected chi connectivity index (χ4v) is 10.9. The maximum Gasteiger partial charge on any atom is 0.184 e. The van der Waals surface area contributed by atoms with Crippen LogP contribution in [0, 0.1) is 17.8 Å². The zero-order chi connectivity index (χ0) is 51.4. The molecule has 1 saturated carbocycles. The van der Waals surface area contributed by atoms with Crippen molar-refractivity contribution in [1.82, 2.24) is 0 Å². The third kappa shape index (κ3) is 13.3. The molecular formula is C60H73N3O11. The van der Waals surface area contributed by atoms with Gasteiger partial charge in [0.2, 0.25) is 0 Å². The van der Waals surface area contributed by atoms with E-state index in [1.54, 1.807) is 0 Å². The molecular weight excluding hydrogens is 939 g/mol. The second-order valence-electron chi connectivity index (χ2n) is 20.6. The van der Waals surface area contributed by atoms with Crippen LogP contribution in [-0.2, 0) is 85.1 Å². The maximum absolute atomic E-state index is 10.4. The summed E-state index contributed by atoms with van der Waals surface area (Å²) in [7, 11) is 0. The second kappa shape index (κ2) is 25.7. The van der Waals surface area contributed by atoms with E-state index < -0.39 is 85.3 Å². The fourth-order valence-electron chi connectivity index (χ4n) is 10.9. The van der Waals surface area contributed by atoms with Crippen LogP contribution >= 0.6 is 0 Å². The van der Waals surface area contributed by atoms with Gasteiger partial charge in [0.25, 0.3) is 0 Å². The van der Waals surface area contributed by atoms with Crippen LogP contribution < -0.4 is 0 Å². The minimum absolute atomic E-state index is 0.0781. The molecule has 14 heteroatoms. The average Bonchev–Trinajstić information content (AvgIpc) is 3.76. The molecule has 9 rings (SSSR count). The maximum atomic E-state index is 10.4. The summed E-state index contributed by atoms with van der Waals surface area (Å²) in [5, 5.41) is 4.44. The summed E-state index contributed by atoms with van der Waals surface area (Å²) in [6, 6.07) is 49.2. The zero-order valence-corrected chi connectivity index (χ0v) is 43.5. The zero-order valence-electron chi connectivity index (χ0n) is 43.5. The van der Waals surface area contributed by atoms with E-state index >= 15 is 0 Å². The van der Waals surface area contributed by atoms with Crippen LogP contribution in [0.4, 0.5) is 0 Å². The van der Waals surface area contributed by atoms with Crippen molar-refractivity contribution in [3.8, 4) is 0 Å². The lowest BCUT2D eigenvalue weighted by Crippen LogP contribution is -2.67. The Kier molecular flexibility index (Phi) is 18.7. The van der Waals surface area contributed by atoms with E-state index in [1.807, 2.05) is 160 Å². The first-order valence-electron chi connectivity index (χ1n) is 26.3. The van der Waals surface area contributed by atoms with E-state index in [2.05, 4.69) is 42.9 Å². The standard InChI is InChI=1S/C60H73N3O11/c1-7-47-39(2)40(3)51(65-34-43-25-15-9-16-26-43)59(69-47)71-50-41(4)49(62-63-61)58(70-48(50)38-64-33-42-23-13-8-14-24-42)72-55-53(67-36-45-29-19-11-20-30-45)52(66-35-44-27-17-10-18-28-44)54(56-57(55)74-60(5,6)73-56)68-37-46-31-21-12-22-32-46/h8-32,39-41,47-59H,7,33-38H2,1-6H3/t39-,40+,41-,47?,48?,49?,50-,51?,52?,53?,54-,55?,56?,57+,58+,59+/m1/s1. The van der Waals surface area contributed by atoms with Gasteiger partial charge in [-0.2, -0.15) is 0 Å². The average molecular weight is 1010 g/mol. The Morgan fingerprint density at radius 2 is 0.878 bits per heavy atom. The Labute approximate surface area is 436 Å². The number of hydrogen-bond acceptors (Lipinski definition) is 12. The van der Waals surface area contributed by atoms with E-state index in [9.17, 15) is 5.53 Å². The van der Waals surface area contributed by atoms with E-state index in [-0.39, 0.29) is 44.4 Å². The van der Waals surface area contributed by atoms with Gasteiger partial charge in [-0.25, -0.2) is 0 Å². The third-order valence-electron chi connectivity index (χ3n) is 15.0. The van der Waals surface area contributed by atoms with Crippen LogP contribution in [0.1, 0.15) is 75.8 Å². The highest BCUT2D eigenvalue weighted by molar-refractivity contribution is 5.18. The molecule has 0 N–H and O–H groups in total. The number of ether oxygens (including phenoxy) is 11. The monoisotopic (exact) mass is 1010 g/mol. The molecule has 394 valence electrons. The number of nitrogens with zero attached hydrogens (tertiary/aromatic N) is 3. The summed E-state index contributed by atoms with van der Waals surface area (Å²) in [6.45, 7) is 13.9. The van der Waals surface area contributed by atoms with Crippen LogP contribution in [0.5, 0.6) is 0 Å². The molecule has 74 heavy (non-hydrogen) atoms. The molecule has 3 saturated heterocycles. The predicted octanol–water partition coefficient (Wildman–Crippen LogP) is 11.3. The number of rotatable bonds is 22. The second-order valence-corrected chi connectivity index (χ2v) is 20.6. The molecule has 3 heterocycles. The van der Waals surface area contributed by atoms with Crippen molar-refractivity contribution in [2.75, 3.05) is 6.61 Å². The van der Waals surface area contributed by atoms with Crippen LogP contribution in [0.15, 0.2) is 157 Å². The molecule has 5 aromatic carbocycles. The molecule has 0 amide bonds. The van der Waals surface area contributed by atoms with Crippen LogP contribution in [0.25, 0.3) is 10.4 Å². The third-order valence-corrected chi connectivity index (χ3v) is 15.0. The first-order chi connectivity index (χ1) is 36.1. The molecule has 14 nitrogen and oxygen atoms in total. The van der Waals surface area contributed by atoms with Gasteiger partial charge in [0.1, 0.15) is 48.8 Å². The van der Waals surface area contributed by atoms with Crippen molar-refractivity contribution < 1.29 is 52.1 Å². The lowest BCUT2D eigenvalue weighted by molar-refractivity contribution is -0.348. The molecule has 0 bridgehead atoms. The SMILES string of the molecule is CCC1O[C@@H](O[C@H]2C(COCc3ccccc3)O[C@@H](OC3C(OCc4ccccc4)C(OCc4ccccc4)[C@@H](OCc4ccccc4)C4OC(C)(C)O[C@@H]34)C(N=[N+]=[N-])[C@H]2C)C(OCc2ccccc2)[C@@H](C)[C@H]1C. The quantitative estimate of drug-likeness (QED) is 0.0370. The fraction of sp³-hybridized carbons (Fsp3) is 0.500. The first-order valence-corrected chi connectivity index (χ1v) is 26.3. The summed E-state index contributed by atoms with van der Waals surface area (Å²) in [6.07, 6.45) is -7.62. The lowest BCUT2D eigenvalue weighted by Gasteiger charge is -2.51. The highest BCUT2D eigenvalue weighted by Crippen LogP contribution is 2.45. The molecule has 4 aliphatic rings. The van der Waals surface area contributed by atoms with Crippen molar-refractivity contribution in [2.45, 2.75) is 166 Å². The minimum atomic E-state index is -1.14. The van der Waals surface area contributed by atoms with E-state index in [1.165, 1.54) is 0 Å². The molecule has 1 aliphatic carbocycles. The lowest BCUT2D eigenvalue weighted by atomic mass is 9.82. The Morgan fingerprint density at radius 1 is 0.473 bits per heavy atom. The number of fused-ring (bicyclic) bond motifs is 1. The van der Waals surface area contributed by atoms with Gasteiger partial charge < -0.3 is 52.1 Å². The van der Waals surface area contributed by atoms with Gasteiger partial charge >= 0.3 is 0 Å². The Balaban J connectivity index is 1.06. The molecule has 3 aliphatic heterocycles. The smallest absolute Gasteiger partial charge is 0.184 e. The Bertz CT molecular complexity index is 2490. The largest absolute Gasteiger partial charge is 0.374 e. The van der Waals surface area contributed by atoms with Gasteiger partial charge in [0, 0.05) is 4.91 Å². The summed E-state index contributed by atoms with van der Waals surface area (Å²) < 4.78 is 76.5. The van der Waals surface area contributed by atoms with Crippen molar-refractivity contribution in [3.05, 3.63) is 190 Å². The number of hydrogen-bond donors (Lipinski definition) is 0. The van der Waals surface area contributed by atoms with Crippen molar-refractivity contribution in [1.29, 1.82) is 0 Å². The van der Waals surface area contributed by atoms with Gasteiger partial charge in [-0.1, -0.05) is 184 Å². The normalized spacial score (nSPS) is 32.6. The molecule has 4 fully saturated rings. The summed E-state index contributed by atoms with van der Waals surface area (Å²) in [5.41, 5.74) is 15.3. The van der Waals surface area contributed by atoms with Crippen molar-refractivity contribution >= 4 is 0 Å².